The standard InChI is InChI=1S/C19H16F3N5O4/c20-19(21,22)10-31-18-26-16(23-9-11-1-7-14(28)8-2-11)25-17(27-18)24-13-5-3-12(4-6-13)15(29)30/h1-8,28H,9-10H2,(H,29,30)(H2,23,24,25,26,27)/p-1. The lowest BCUT2D eigenvalue weighted by atomic mass is 10.2. The molecule has 9 nitrogen and oxygen atoms in total. The summed E-state index contributed by atoms with van der Waals surface area (Å²) < 4.78 is 42.1. The Hall–Kier alpha value is -4.09. The molecule has 2 aromatic carbocycles. The Bertz CT molecular complexity index is 1040. The van der Waals surface area contributed by atoms with Gasteiger partial charge in [0, 0.05) is 12.2 Å². The van der Waals surface area contributed by atoms with Crippen LogP contribution in [0, 0.1) is 0 Å². The summed E-state index contributed by atoms with van der Waals surface area (Å²) in [5.41, 5.74) is 1.08. The number of aromatic carboxylic acids is 1. The number of aromatic hydroxyl groups is 1. The van der Waals surface area contributed by atoms with E-state index in [2.05, 4.69) is 30.3 Å². The molecule has 0 bridgehead atoms. The Morgan fingerprint density at radius 1 is 1.00 bits per heavy atom. The smallest absolute Gasteiger partial charge is 0.422 e. The number of nitrogens with zero attached hydrogens (tertiary/aromatic N) is 3. The number of phenols is 1. The first kappa shape index (κ1) is 21.6. The van der Waals surface area contributed by atoms with Crippen LogP contribution < -0.4 is 20.5 Å². The van der Waals surface area contributed by atoms with E-state index >= 15 is 0 Å². The number of halogens is 3. The minimum absolute atomic E-state index is 0.0494. The van der Waals surface area contributed by atoms with Crippen molar-refractivity contribution in [2.45, 2.75) is 12.7 Å². The van der Waals surface area contributed by atoms with E-state index < -0.39 is 24.8 Å². The molecule has 0 atom stereocenters. The molecule has 0 aliphatic rings. The van der Waals surface area contributed by atoms with E-state index in [1.165, 1.54) is 36.4 Å². The van der Waals surface area contributed by atoms with Gasteiger partial charge >= 0.3 is 12.2 Å². The number of carbonyl (C=O) groups excluding carboxylic acids is 1. The lowest BCUT2D eigenvalue weighted by Gasteiger charge is -2.12. The summed E-state index contributed by atoms with van der Waals surface area (Å²) in [6.45, 7) is -1.38. The van der Waals surface area contributed by atoms with Gasteiger partial charge in [-0.1, -0.05) is 24.3 Å². The van der Waals surface area contributed by atoms with Gasteiger partial charge in [0.25, 0.3) is 0 Å². The van der Waals surface area contributed by atoms with Crippen LogP contribution in [-0.2, 0) is 6.54 Å². The molecular weight excluding hydrogens is 419 g/mol. The number of phenolic OH excluding ortho intramolecular Hbond substituents is 1. The number of anilines is 3. The molecular formula is C19H15F3N5O4-. The second-order valence-electron chi connectivity index (χ2n) is 6.18. The molecule has 0 amide bonds. The number of carboxylic acid groups (broad SMARTS) is 1. The van der Waals surface area contributed by atoms with Crippen molar-refractivity contribution in [1.82, 2.24) is 15.0 Å². The van der Waals surface area contributed by atoms with E-state index in [0.29, 0.717) is 5.69 Å². The minimum atomic E-state index is -4.58. The van der Waals surface area contributed by atoms with Gasteiger partial charge < -0.3 is 30.4 Å². The normalized spacial score (nSPS) is 11.1. The first-order chi connectivity index (χ1) is 14.7. The maximum absolute atomic E-state index is 12.5. The Labute approximate surface area is 173 Å². The van der Waals surface area contributed by atoms with Gasteiger partial charge in [-0.3, -0.25) is 0 Å². The monoisotopic (exact) mass is 434 g/mol. The maximum atomic E-state index is 12.5. The zero-order chi connectivity index (χ0) is 22.4. The van der Waals surface area contributed by atoms with Crippen molar-refractivity contribution >= 4 is 23.6 Å². The number of ether oxygens (including phenoxy) is 1. The number of alkyl halides is 3. The van der Waals surface area contributed by atoms with Crippen LogP contribution >= 0.6 is 0 Å². The van der Waals surface area contributed by atoms with E-state index in [-0.39, 0.29) is 29.8 Å². The molecule has 0 saturated carbocycles. The molecule has 1 heterocycles. The number of carboxylic acids is 1. The highest BCUT2D eigenvalue weighted by molar-refractivity contribution is 5.86. The van der Waals surface area contributed by atoms with E-state index in [0.717, 1.165) is 5.56 Å². The molecule has 0 unspecified atom stereocenters. The van der Waals surface area contributed by atoms with Crippen LogP contribution in [0.3, 0.4) is 0 Å². The molecule has 1 aromatic heterocycles. The van der Waals surface area contributed by atoms with Gasteiger partial charge in [0.1, 0.15) is 5.75 Å². The lowest BCUT2D eigenvalue weighted by molar-refractivity contribution is -0.255. The molecule has 3 N–H and O–H groups in total. The second-order valence-corrected chi connectivity index (χ2v) is 6.18. The number of carbonyl (C=O) groups is 1. The quantitative estimate of drug-likeness (QED) is 0.488. The van der Waals surface area contributed by atoms with Crippen LogP contribution in [0.4, 0.5) is 30.8 Å². The molecule has 162 valence electrons. The predicted octanol–water partition coefficient (Wildman–Crippen LogP) is 2.24. The van der Waals surface area contributed by atoms with Crippen molar-refractivity contribution in [3.05, 3.63) is 59.7 Å². The average molecular weight is 434 g/mol. The molecule has 3 rings (SSSR count). The van der Waals surface area contributed by atoms with Gasteiger partial charge in [0.2, 0.25) is 11.9 Å². The van der Waals surface area contributed by atoms with Crippen LogP contribution in [0.5, 0.6) is 11.8 Å². The Balaban J connectivity index is 1.79. The summed E-state index contributed by atoms with van der Waals surface area (Å²) in [5.74, 6) is -1.45. The van der Waals surface area contributed by atoms with Gasteiger partial charge in [-0.25, -0.2) is 0 Å². The fourth-order valence-corrected chi connectivity index (χ4v) is 2.32. The highest BCUT2D eigenvalue weighted by Crippen LogP contribution is 2.20. The third kappa shape index (κ3) is 6.73. The number of hydrogen-bond acceptors (Lipinski definition) is 9. The Morgan fingerprint density at radius 3 is 2.26 bits per heavy atom. The average Bonchev–Trinajstić information content (AvgIpc) is 2.72. The summed E-state index contributed by atoms with van der Waals surface area (Å²) in [7, 11) is 0. The number of benzene rings is 2. The highest BCUT2D eigenvalue weighted by atomic mass is 19.4. The molecule has 0 fully saturated rings. The van der Waals surface area contributed by atoms with Crippen molar-refractivity contribution < 1.29 is 32.9 Å². The number of hydrogen-bond donors (Lipinski definition) is 3. The molecule has 0 spiro atoms. The molecule has 0 saturated heterocycles. The van der Waals surface area contributed by atoms with E-state index in [1.54, 1.807) is 12.1 Å². The lowest BCUT2D eigenvalue weighted by Crippen LogP contribution is -2.22. The first-order valence-electron chi connectivity index (χ1n) is 8.74. The zero-order valence-electron chi connectivity index (χ0n) is 15.7. The second kappa shape index (κ2) is 9.15. The Kier molecular flexibility index (Phi) is 6.38. The summed E-state index contributed by atoms with van der Waals surface area (Å²) in [4.78, 5) is 22.5. The summed E-state index contributed by atoms with van der Waals surface area (Å²) in [5, 5.41) is 25.7. The van der Waals surface area contributed by atoms with Crippen LogP contribution in [0.25, 0.3) is 0 Å². The molecule has 0 radical (unpaired) electrons. The van der Waals surface area contributed by atoms with Crippen LogP contribution in [0.15, 0.2) is 48.5 Å². The van der Waals surface area contributed by atoms with E-state index in [9.17, 15) is 28.2 Å². The molecule has 31 heavy (non-hydrogen) atoms. The third-order valence-corrected chi connectivity index (χ3v) is 3.74. The molecule has 0 aliphatic heterocycles. The minimum Gasteiger partial charge on any atom is -0.545 e. The summed E-state index contributed by atoms with van der Waals surface area (Å²) >= 11 is 0. The Morgan fingerprint density at radius 2 is 1.65 bits per heavy atom. The molecule has 12 heteroatoms. The topological polar surface area (TPSA) is 132 Å². The van der Waals surface area contributed by atoms with E-state index in [4.69, 9.17) is 0 Å². The maximum Gasteiger partial charge on any atom is 0.422 e. The SMILES string of the molecule is O=C([O-])c1ccc(Nc2nc(NCc3ccc(O)cc3)nc(OCC(F)(F)F)n2)cc1. The number of rotatable bonds is 8. The van der Waals surface area contributed by atoms with Gasteiger partial charge in [0.15, 0.2) is 6.61 Å². The largest absolute Gasteiger partial charge is 0.545 e. The zero-order valence-corrected chi connectivity index (χ0v) is 15.7. The van der Waals surface area contributed by atoms with Gasteiger partial charge in [-0.15, -0.1) is 0 Å². The first-order valence-corrected chi connectivity index (χ1v) is 8.74. The third-order valence-electron chi connectivity index (χ3n) is 3.74. The predicted molar refractivity (Wildman–Crippen MR) is 101 cm³/mol. The van der Waals surface area contributed by atoms with Crippen molar-refractivity contribution in [3.63, 3.8) is 0 Å². The molecule has 0 aliphatic carbocycles. The van der Waals surface area contributed by atoms with Crippen molar-refractivity contribution in [1.29, 1.82) is 0 Å². The van der Waals surface area contributed by atoms with Crippen LogP contribution in [-0.4, -0.2) is 38.8 Å². The van der Waals surface area contributed by atoms with Crippen molar-refractivity contribution in [2.75, 3.05) is 17.2 Å². The van der Waals surface area contributed by atoms with Gasteiger partial charge in [-0.2, -0.15) is 28.1 Å². The summed E-state index contributed by atoms with van der Waals surface area (Å²) in [6, 6.07) is 11.1. The summed E-state index contributed by atoms with van der Waals surface area (Å²) in [6.07, 6.45) is -4.58. The fraction of sp³-hybridized carbons (Fsp3) is 0.158. The number of aromatic nitrogens is 3. The highest BCUT2D eigenvalue weighted by Gasteiger charge is 2.29. The number of nitrogens with one attached hydrogen (secondary N) is 2. The van der Waals surface area contributed by atoms with Crippen LogP contribution in [0.2, 0.25) is 0 Å². The van der Waals surface area contributed by atoms with Crippen LogP contribution in [0.1, 0.15) is 15.9 Å². The van der Waals surface area contributed by atoms with Gasteiger partial charge in [0.05, 0.1) is 5.97 Å². The van der Waals surface area contributed by atoms with Crippen molar-refractivity contribution in [3.8, 4) is 11.8 Å². The molecule has 3 aromatic rings. The fourth-order valence-electron chi connectivity index (χ4n) is 2.32. The van der Waals surface area contributed by atoms with E-state index in [1.807, 2.05) is 0 Å². The van der Waals surface area contributed by atoms with Crippen molar-refractivity contribution in [2.24, 2.45) is 0 Å². The van der Waals surface area contributed by atoms with Gasteiger partial charge in [-0.05, 0) is 35.4 Å².